The van der Waals surface area contributed by atoms with Crippen molar-refractivity contribution < 1.29 is 27.5 Å². The number of esters is 1. The molecule has 3 rings (SSSR count). The lowest BCUT2D eigenvalue weighted by molar-refractivity contribution is -0.147. The molecule has 2 aromatic rings. The van der Waals surface area contributed by atoms with E-state index in [4.69, 9.17) is 9.47 Å². The third-order valence-corrected chi connectivity index (χ3v) is 5.36. The van der Waals surface area contributed by atoms with Gasteiger partial charge in [-0.05, 0) is 17.7 Å². The lowest BCUT2D eigenvalue weighted by Crippen LogP contribution is -2.36. The van der Waals surface area contributed by atoms with Crippen molar-refractivity contribution in [1.29, 1.82) is 0 Å². The highest BCUT2D eigenvalue weighted by atomic mass is 32.2. The lowest BCUT2D eigenvalue weighted by Gasteiger charge is -2.26. The van der Waals surface area contributed by atoms with Gasteiger partial charge in [0.2, 0.25) is 10.0 Å². The molecule has 1 aliphatic rings. The average molecular weight is 430 g/mol. The molecule has 1 amide bonds. The number of nitrogens with one attached hydrogen (secondary N) is 2. The van der Waals surface area contributed by atoms with Gasteiger partial charge in [-0.15, -0.1) is 0 Å². The summed E-state index contributed by atoms with van der Waals surface area (Å²) in [4.78, 5) is 23.9. The van der Waals surface area contributed by atoms with Crippen LogP contribution in [0.15, 0.2) is 60.0 Å². The highest BCUT2D eigenvalue weighted by Crippen LogP contribution is 2.31. The van der Waals surface area contributed by atoms with Crippen LogP contribution in [0.1, 0.15) is 23.6 Å². The number of para-hydroxylation sites is 1. The molecule has 0 radical (unpaired) electrons. The molecule has 0 aliphatic carbocycles. The number of rotatable bonds is 8. The lowest BCUT2D eigenvalue weighted by atomic mass is 10.0. The first-order chi connectivity index (χ1) is 14.4. The molecule has 0 fully saturated rings. The second-order valence-electron chi connectivity index (χ2n) is 6.54. The van der Waals surface area contributed by atoms with Crippen molar-refractivity contribution in [2.45, 2.75) is 12.5 Å². The van der Waals surface area contributed by atoms with Crippen molar-refractivity contribution in [2.75, 3.05) is 19.8 Å². The van der Waals surface area contributed by atoms with Crippen LogP contribution in [-0.4, -0.2) is 40.1 Å². The third kappa shape index (κ3) is 6.43. The molecule has 2 aromatic carbocycles. The van der Waals surface area contributed by atoms with Gasteiger partial charge in [-0.2, -0.15) is 0 Å². The maximum Gasteiger partial charge on any atom is 0.321 e. The van der Waals surface area contributed by atoms with Gasteiger partial charge < -0.3 is 14.8 Å². The number of fused-ring (bicyclic) bond motifs is 1. The van der Waals surface area contributed by atoms with Crippen LogP contribution in [0.3, 0.4) is 0 Å². The zero-order chi connectivity index (χ0) is 21.4. The van der Waals surface area contributed by atoms with Crippen molar-refractivity contribution in [3.8, 4) is 5.75 Å². The molecule has 30 heavy (non-hydrogen) atoms. The number of carbonyl (C=O) groups is 2. The molecule has 2 N–H and O–H groups in total. The number of benzene rings is 2. The van der Waals surface area contributed by atoms with Crippen LogP contribution < -0.4 is 14.8 Å². The second kappa shape index (κ2) is 10.0. The minimum Gasteiger partial charge on any atom is -0.493 e. The minimum atomic E-state index is -3.82. The van der Waals surface area contributed by atoms with Gasteiger partial charge in [-0.1, -0.05) is 48.5 Å². The summed E-state index contributed by atoms with van der Waals surface area (Å²) >= 11 is 0. The summed E-state index contributed by atoms with van der Waals surface area (Å²) in [5.74, 6) is -0.616. The summed E-state index contributed by atoms with van der Waals surface area (Å²) in [7, 11) is -3.82. The molecule has 9 heteroatoms. The minimum absolute atomic E-state index is 0.234. The summed E-state index contributed by atoms with van der Waals surface area (Å²) in [6.07, 6.45) is 2.01. The highest BCUT2D eigenvalue weighted by Gasteiger charge is 2.23. The first-order valence-electron chi connectivity index (χ1n) is 9.32. The molecule has 0 saturated carbocycles. The zero-order valence-corrected chi connectivity index (χ0v) is 16.9. The molecule has 8 nitrogen and oxygen atoms in total. The van der Waals surface area contributed by atoms with Crippen LogP contribution in [-0.2, 0) is 24.3 Å². The zero-order valence-electron chi connectivity index (χ0n) is 16.1. The number of hydrogen-bond acceptors (Lipinski definition) is 6. The van der Waals surface area contributed by atoms with E-state index < -0.39 is 35.1 Å². The Morgan fingerprint density at radius 1 is 1.10 bits per heavy atom. The van der Waals surface area contributed by atoms with Crippen molar-refractivity contribution in [3.63, 3.8) is 0 Å². The van der Waals surface area contributed by atoms with Crippen LogP contribution in [0.4, 0.5) is 0 Å². The molecule has 0 saturated heterocycles. The molecule has 1 unspecified atom stereocenters. The Kier molecular flexibility index (Phi) is 7.21. The molecule has 1 atom stereocenters. The van der Waals surface area contributed by atoms with Gasteiger partial charge in [-0.25, -0.2) is 13.1 Å². The van der Waals surface area contributed by atoms with E-state index in [1.54, 1.807) is 24.3 Å². The largest absolute Gasteiger partial charge is 0.493 e. The summed E-state index contributed by atoms with van der Waals surface area (Å²) < 4.78 is 36.4. The SMILES string of the molecule is O=C(COC(=O)CNS(=O)(=O)/C=C/c1ccccc1)NC1CCOc2ccccc21. The van der Waals surface area contributed by atoms with Crippen molar-refractivity contribution >= 4 is 28.0 Å². The fourth-order valence-corrected chi connectivity index (χ4v) is 3.62. The molecular weight excluding hydrogens is 408 g/mol. The van der Waals surface area contributed by atoms with Gasteiger partial charge in [0.15, 0.2) is 6.61 Å². The number of sulfonamides is 1. The van der Waals surface area contributed by atoms with Crippen molar-refractivity contribution in [3.05, 3.63) is 71.1 Å². The summed E-state index contributed by atoms with van der Waals surface area (Å²) in [5.41, 5.74) is 1.57. The standard InChI is InChI=1S/C21H22N2O6S/c24-20(23-18-10-12-28-19-9-5-4-8-17(18)19)15-29-21(25)14-22-30(26,27)13-11-16-6-2-1-3-7-16/h1-9,11,13,18,22H,10,12,14-15H2,(H,23,24)/b13-11+. The topological polar surface area (TPSA) is 111 Å². The number of amides is 1. The monoisotopic (exact) mass is 430 g/mol. The van der Waals surface area contributed by atoms with Gasteiger partial charge in [0, 0.05) is 17.4 Å². The Hall–Kier alpha value is -3.17. The molecule has 1 aliphatic heterocycles. The van der Waals surface area contributed by atoms with Crippen LogP contribution >= 0.6 is 0 Å². The van der Waals surface area contributed by atoms with Gasteiger partial charge in [0.25, 0.3) is 5.91 Å². The highest BCUT2D eigenvalue weighted by molar-refractivity contribution is 7.92. The normalized spacial score (nSPS) is 15.8. The van der Waals surface area contributed by atoms with E-state index >= 15 is 0 Å². The Bertz CT molecular complexity index is 1020. The predicted molar refractivity (Wildman–Crippen MR) is 111 cm³/mol. The smallest absolute Gasteiger partial charge is 0.321 e. The summed E-state index contributed by atoms with van der Waals surface area (Å²) in [6, 6.07) is 16.0. The average Bonchev–Trinajstić information content (AvgIpc) is 2.76. The summed E-state index contributed by atoms with van der Waals surface area (Å²) in [6.45, 7) is -0.602. The fourth-order valence-electron chi connectivity index (χ4n) is 2.87. The first-order valence-corrected chi connectivity index (χ1v) is 10.9. The van der Waals surface area contributed by atoms with Gasteiger partial charge in [0.05, 0.1) is 12.6 Å². The van der Waals surface area contributed by atoms with Gasteiger partial charge in [-0.3, -0.25) is 9.59 Å². The van der Waals surface area contributed by atoms with E-state index in [2.05, 4.69) is 10.0 Å². The Morgan fingerprint density at radius 2 is 1.83 bits per heavy atom. The Morgan fingerprint density at radius 3 is 2.63 bits per heavy atom. The molecule has 0 bridgehead atoms. The predicted octanol–water partition coefficient (Wildman–Crippen LogP) is 1.76. The van der Waals surface area contributed by atoms with Crippen LogP contribution in [0.25, 0.3) is 6.08 Å². The van der Waals surface area contributed by atoms with E-state index in [1.165, 1.54) is 6.08 Å². The molecule has 158 valence electrons. The molecule has 0 spiro atoms. The number of carbonyl (C=O) groups excluding carboxylic acids is 2. The Labute approximate surface area is 174 Å². The second-order valence-corrected chi connectivity index (χ2v) is 8.19. The third-order valence-electron chi connectivity index (χ3n) is 4.31. The molecule has 0 aromatic heterocycles. The van der Waals surface area contributed by atoms with Gasteiger partial charge in [0.1, 0.15) is 12.3 Å². The van der Waals surface area contributed by atoms with E-state index in [9.17, 15) is 18.0 Å². The quantitative estimate of drug-likeness (QED) is 0.618. The fraction of sp³-hybridized carbons (Fsp3) is 0.238. The number of ether oxygens (including phenoxy) is 2. The number of hydrogen-bond donors (Lipinski definition) is 2. The maximum atomic E-state index is 12.1. The van der Waals surface area contributed by atoms with Crippen LogP contribution in [0, 0.1) is 0 Å². The van der Waals surface area contributed by atoms with E-state index in [0.29, 0.717) is 24.3 Å². The molecular formula is C21H22N2O6S. The van der Waals surface area contributed by atoms with Gasteiger partial charge >= 0.3 is 5.97 Å². The van der Waals surface area contributed by atoms with Crippen LogP contribution in [0.2, 0.25) is 0 Å². The van der Waals surface area contributed by atoms with E-state index in [-0.39, 0.29) is 6.04 Å². The summed E-state index contributed by atoms with van der Waals surface area (Å²) in [5, 5.41) is 3.76. The first kappa shape index (κ1) is 21.5. The molecule has 1 heterocycles. The van der Waals surface area contributed by atoms with E-state index in [0.717, 1.165) is 11.0 Å². The maximum absolute atomic E-state index is 12.1. The van der Waals surface area contributed by atoms with Crippen molar-refractivity contribution in [2.24, 2.45) is 0 Å². The van der Waals surface area contributed by atoms with Crippen LogP contribution in [0.5, 0.6) is 5.75 Å². The Balaban J connectivity index is 1.42. The van der Waals surface area contributed by atoms with Crippen molar-refractivity contribution in [1.82, 2.24) is 10.0 Å². The van der Waals surface area contributed by atoms with E-state index in [1.807, 2.05) is 30.3 Å².